The lowest BCUT2D eigenvalue weighted by molar-refractivity contribution is -0.385. The average Bonchev–Trinajstić information content (AvgIpc) is 2.26. The minimum atomic E-state index is -0.467. The summed E-state index contributed by atoms with van der Waals surface area (Å²) < 4.78 is 5.20. The summed E-state index contributed by atoms with van der Waals surface area (Å²) in [4.78, 5) is 11.1. The topological polar surface area (TPSA) is 72.6 Å². The number of benzene rings is 1. The molecule has 0 aliphatic carbocycles. The molecule has 0 radical (unpaired) electrons. The van der Waals surface area contributed by atoms with E-state index in [9.17, 15) is 10.1 Å². The molecule has 0 saturated carbocycles. The van der Waals surface area contributed by atoms with E-state index in [0.717, 1.165) is 4.90 Å². The first-order valence-corrected chi connectivity index (χ1v) is 5.82. The van der Waals surface area contributed by atoms with Crippen LogP contribution in [0.3, 0.4) is 0 Å². The number of ether oxygens (including phenoxy) is 1. The fourth-order valence-corrected chi connectivity index (χ4v) is 1.85. The zero-order valence-electron chi connectivity index (χ0n) is 8.88. The van der Waals surface area contributed by atoms with Crippen LogP contribution in [0.2, 0.25) is 0 Å². The van der Waals surface area contributed by atoms with Crippen LogP contribution in [0.25, 0.3) is 0 Å². The van der Waals surface area contributed by atoms with Crippen LogP contribution in [-0.2, 0) is 0 Å². The lowest BCUT2D eigenvalue weighted by Crippen LogP contribution is -1.97. The van der Waals surface area contributed by atoms with Crippen LogP contribution in [0, 0.1) is 10.1 Å². The first-order chi connectivity index (χ1) is 7.69. The van der Waals surface area contributed by atoms with Crippen LogP contribution in [0.5, 0.6) is 5.75 Å². The zero-order chi connectivity index (χ0) is 12.0. The number of nitro benzene ring substituents is 1. The van der Waals surface area contributed by atoms with Gasteiger partial charge in [-0.15, -0.1) is 11.8 Å². The van der Waals surface area contributed by atoms with Gasteiger partial charge in [0.25, 0.3) is 0 Å². The predicted octanol–water partition coefficient (Wildman–Crippen LogP) is 2.08. The molecule has 0 aliphatic heterocycles. The zero-order valence-corrected chi connectivity index (χ0v) is 9.70. The van der Waals surface area contributed by atoms with Crippen molar-refractivity contribution in [2.75, 3.05) is 19.0 Å². The van der Waals surface area contributed by atoms with Crippen molar-refractivity contribution < 1.29 is 14.8 Å². The molecule has 1 N–H and O–H groups in total. The SMILES string of the molecule is CCOc1cc(SCCO)ccc1[N+](=O)[O-]. The van der Waals surface area contributed by atoms with Crippen molar-refractivity contribution in [3.63, 3.8) is 0 Å². The normalized spacial score (nSPS) is 10.1. The Hall–Kier alpha value is -1.27. The maximum atomic E-state index is 10.7. The van der Waals surface area contributed by atoms with Crippen molar-refractivity contribution in [1.82, 2.24) is 0 Å². The number of nitrogens with zero attached hydrogens (tertiary/aromatic N) is 1. The summed E-state index contributed by atoms with van der Waals surface area (Å²) in [5.41, 5.74) is -0.0322. The highest BCUT2D eigenvalue weighted by Gasteiger charge is 2.15. The number of thioether (sulfide) groups is 1. The fraction of sp³-hybridized carbons (Fsp3) is 0.400. The molecule has 16 heavy (non-hydrogen) atoms. The van der Waals surface area contributed by atoms with Gasteiger partial charge in [-0.3, -0.25) is 10.1 Å². The van der Waals surface area contributed by atoms with Crippen LogP contribution in [-0.4, -0.2) is 29.0 Å². The second-order valence-electron chi connectivity index (χ2n) is 2.89. The molecule has 0 aromatic heterocycles. The summed E-state index contributed by atoms with van der Waals surface area (Å²) in [6.07, 6.45) is 0. The van der Waals surface area contributed by atoms with E-state index in [1.54, 1.807) is 19.1 Å². The van der Waals surface area contributed by atoms with Gasteiger partial charge < -0.3 is 9.84 Å². The standard InChI is InChI=1S/C10H13NO4S/c1-2-15-10-7-8(16-6-5-12)3-4-9(10)11(13)14/h3-4,7,12H,2,5-6H2,1H3. The van der Waals surface area contributed by atoms with Crippen molar-refractivity contribution in [2.45, 2.75) is 11.8 Å². The molecule has 6 heteroatoms. The lowest BCUT2D eigenvalue weighted by Gasteiger charge is -2.06. The van der Waals surface area contributed by atoms with Gasteiger partial charge in [-0.1, -0.05) is 0 Å². The predicted molar refractivity (Wildman–Crippen MR) is 62.1 cm³/mol. The van der Waals surface area contributed by atoms with E-state index in [1.807, 2.05) is 0 Å². The molecule has 1 rings (SSSR count). The van der Waals surface area contributed by atoms with Gasteiger partial charge in [-0.2, -0.15) is 0 Å². The number of aliphatic hydroxyl groups excluding tert-OH is 1. The lowest BCUT2D eigenvalue weighted by atomic mass is 10.3. The van der Waals surface area contributed by atoms with Gasteiger partial charge in [-0.05, 0) is 13.0 Å². The smallest absolute Gasteiger partial charge is 0.310 e. The maximum Gasteiger partial charge on any atom is 0.310 e. The Labute approximate surface area is 97.6 Å². The molecule has 0 heterocycles. The third-order valence-electron chi connectivity index (χ3n) is 1.79. The number of aliphatic hydroxyl groups is 1. The number of rotatable bonds is 6. The highest BCUT2D eigenvalue weighted by Crippen LogP contribution is 2.31. The Balaban J connectivity index is 2.92. The Morgan fingerprint density at radius 2 is 2.31 bits per heavy atom. The summed E-state index contributed by atoms with van der Waals surface area (Å²) in [7, 11) is 0. The average molecular weight is 243 g/mol. The van der Waals surface area contributed by atoms with Crippen LogP contribution in [0.4, 0.5) is 5.69 Å². The van der Waals surface area contributed by atoms with E-state index in [1.165, 1.54) is 17.8 Å². The van der Waals surface area contributed by atoms with Crippen molar-refractivity contribution in [1.29, 1.82) is 0 Å². The molecule has 88 valence electrons. The molecule has 0 saturated heterocycles. The number of hydrogen-bond donors (Lipinski definition) is 1. The summed E-state index contributed by atoms with van der Waals surface area (Å²) >= 11 is 1.43. The van der Waals surface area contributed by atoms with Crippen LogP contribution < -0.4 is 4.74 Å². The minimum absolute atomic E-state index is 0.0322. The van der Waals surface area contributed by atoms with Gasteiger partial charge in [-0.25, -0.2) is 0 Å². The third-order valence-corrected chi connectivity index (χ3v) is 2.76. The maximum absolute atomic E-state index is 10.7. The summed E-state index contributed by atoms with van der Waals surface area (Å²) in [6.45, 7) is 2.23. The minimum Gasteiger partial charge on any atom is -0.487 e. The molecule has 0 fully saturated rings. The Bertz CT molecular complexity index is 370. The molecule has 0 aliphatic rings. The molecule has 0 bridgehead atoms. The van der Waals surface area contributed by atoms with Crippen molar-refractivity contribution in [3.05, 3.63) is 28.3 Å². The van der Waals surface area contributed by atoms with Crippen molar-refractivity contribution in [2.24, 2.45) is 0 Å². The summed E-state index contributed by atoms with van der Waals surface area (Å²) in [6, 6.07) is 4.70. The van der Waals surface area contributed by atoms with E-state index in [4.69, 9.17) is 9.84 Å². The molecule has 5 nitrogen and oxygen atoms in total. The van der Waals surface area contributed by atoms with Crippen LogP contribution in [0.1, 0.15) is 6.92 Å². The van der Waals surface area contributed by atoms with Gasteiger partial charge in [0, 0.05) is 22.8 Å². The molecule has 0 spiro atoms. The third kappa shape index (κ3) is 3.39. The van der Waals surface area contributed by atoms with E-state index < -0.39 is 4.92 Å². The highest BCUT2D eigenvalue weighted by atomic mass is 32.2. The van der Waals surface area contributed by atoms with Gasteiger partial charge in [0.15, 0.2) is 5.75 Å². The largest absolute Gasteiger partial charge is 0.487 e. The second-order valence-corrected chi connectivity index (χ2v) is 4.06. The molecule has 1 aromatic carbocycles. The second kappa shape index (κ2) is 6.34. The van der Waals surface area contributed by atoms with Gasteiger partial charge >= 0.3 is 5.69 Å². The van der Waals surface area contributed by atoms with E-state index >= 15 is 0 Å². The van der Waals surface area contributed by atoms with Crippen molar-refractivity contribution >= 4 is 17.4 Å². The molecule has 1 aromatic rings. The molecule has 0 amide bonds. The van der Waals surface area contributed by atoms with Crippen molar-refractivity contribution in [3.8, 4) is 5.75 Å². The first-order valence-electron chi connectivity index (χ1n) is 4.84. The molecule has 0 atom stereocenters. The fourth-order valence-electron chi connectivity index (χ4n) is 1.17. The quantitative estimate of drug-likeness (QED) is 0.470. The van der Waals surface area contributed by atoms with E-state index in [-0.39, 0.29) is 18.0 Å². The van der Waals surface area contributed by atoms with Gasteiger partial charge in [0.2, 0.25) is 0 Å². The monoisotopic (exact) mass is 243 g/mol. The number of nitro groups is 1. The van der Waals surface area contributed by atoms with Crippen LogP contribution >= 0.6 is 11.8 Å². The van der Waals surface area contributed by atoms with E-state index in [0.29, 0.717) is 12.4 Å². The Morgan fingerprint density at radius 1 is 1.56 bits per heavy atom. The number of hydrogen-bond acceptors (Lipinski definition) is 5. The molecule has 0 unspecified atom stereocenters. The first kappa shape index (κ1) is 12.8. The van der Waals surface area contributed by atoms with Gasteiger partial charge in [0.1, 0.15) is 0 Å². The molecular formula is C10H13NO4S. The van der Waals surface area contributed by atoms with Crippen LogP contribution in [0.15, 0.2) is 23.1 Å². The van der Waals surface area contributed by atoms with Gasteiger partial charge in [0.05, 0.1) is 18.1 Å². The highest BCUT2D eigenvalue weighted by molar-refractivity contribution is 7.99. The summed E-state index contributed by atoms with van der Waals surface area (Å²) in [5.74, 6) is 0.832. The summed E-state index contributed by atoms with van der Waals surface area (Å²) in [5, 5.41) is 19.4. The molecular weight excluding hydrogens is 230 g/mol. The Morgan fingerprint density at radius 3 is 2.88 bits per heavy atom. The van der Waals surface area contributed by atoms with E-state index in [2.05, 4.69) is 0 Å². The Kier molecular flexibility index (Phi) is 5.07.